The predicted octanol–water partition coefficient (Wildman–Crippen LogP) is -0.966. The van der Waals surface area contributed by atoms with E-state index in [1.807, 2.05) is 0 Å². The molecule has 35 nitrogen and oxygen atoms in total. The summed E-state index contributed by atoms with van der Waals surface area (Å²) in [6.07, 6.45) is -34.1. The fraction of sp³-hybridized carbons (Fsp3) is 0.846. The van der Waals surface area contributed by atoms with Crippen molar-refractivity contribution in [2.75, 3.05) is 83.8 Å². The number of carbonyl (C=O) groups excluding carboxylic acids is 8. The summed E-state index contributed by atoms with van der Waals surface area (Å²) in [5, 5.41) is 3.87. The van der Waals surface area contributed by atoms with Gasteiger partial charge in [0.2, 0.25) is 0 Å². The molecule has 0 aromatic rings. The largest absolute Gasteiger partial charge is 0.467 e. The van der Waals surface area contributed by atoms with E-state index in [9.17, 15) is 43.9 Å². The van der Waals surface area contributed by atoms with E-state index in [1.165, 1.54) is 63.6 Å². The average Bonchev–Trinajstić information content (AvgIpc) is 0.946. The smallest absolute Gasteiger partial charge is 0.337 e. The maximum Gasteiger partial charge on any atom is 0.337 e. The summed E-state index contributed by atoms with van der Waals surface area (Å²) in [6, 6.07) is -1.33. The van der Waals surface area contributed by atoms with Crippen LogP contribution >= 0.6 is 0 Å². The first-order valence-corrected chi connectivity index (χ1v) is 27.1. The SMILES string of the molecule is COC(=O)C1O[C@@H](O[C@H]2C(OC(C)=O)C(C)[C@@H](O[C@H]3C(OC)C(OC)[C@H](O[C@@H]4C(COC(C)=O)O[C@H](OC)C(OC(C)=O)[C@H]4OC(C)=O)O[C@H]3C(=O)OC)O[C@H]2COC(C)=O)C(OC)[C@@H](OC)[C@@H]1O[C@H]1OC(COC(C)=O)C(OC)[C@H](OC)C1N=[N+]=[N-]. The zero-order chi connectivity index (χ0) is 64.6. The van der Waals surface area contributed by atoms with Gasteiger partial charge in [0.05, 0.1) is 20.3 Å². The van der Waals surface area contributed by atoms with E-state index < -0.39 is 214 Å². The number of esters is 8. The second kappa shape index (κ2) is 33.9. The molecule has 25 atom stereocenters. The topological polar surface area (TPSA) is 407 Å². The van der Waals surface area contributed by atoms with Crippen LogP contribution in [0.4, 0.5) is 0 Å². The fourth-order valence-corrected chi connectivity index (χ4v) is 10.7. The number of hydrogen-bond donors (Lipinski definition) is 0. The Morgan fingerprint density at radius 1 is 0.368 bits per heavy atom. The Morgan fingerprint density at radius 3 is 1.10 bits per heavy atom. The molecule has 5 saturated heterocycles. The quantitative estimate of drug-likeness (QED) is 0.0314. The normalized spacial score (nSPS) is 37.6. The molecule has 5 fully saturated rings. The van der Waals surface area contributed by atoms with Crippen LogP contribution in [0.25, 0.3) is 10.4 Å². The van der Waals surface area contributed by atoms with Crippen LogP contribution in [-0.4, -0.2) is 279 Å². The Balaban J connectivity index is 1.53. The molecule has 11 unspecified atom stereocenters. The van der Waals surface area contributed by atoms with E-state index in [4.69, 9.17) is 114 Å². The number of hydrogen-bond acceptors (Lipinski definition) is 33. The standard InChI is InChI=1S/C52H79N3O32/c1-20-31(76-24(5)59)33(82-51-44(69-13)37(67-11)40(42(87-51)47(63)71-15)85-49-30(54-55-53)35(65-9)32(64-8)27(80-49)17-73-21(2)56)28(18-74-22(3)57)79-48(20)84-39-36(66-10)43(68-12)52(86-41(39)46(62)70-14)83-34-29(19-75-23(4)58)81-50(72-16)45(78-26(7)61)38(34)77-25(6)60/h20,27-45,48-52H,17-19H2,1-16H3/t20?,27?,28-,29?,30?,31?,32?,33+,34+,35+,36?,37-,38-,39-,40-,41+,42?,43?,44?,45?,48+,49+,50-,51+,52+/m0/s1. The van der Waals surface area contributed by atoms with Crippen LogP contribution in [0, 0.1) is 5.92 Å². The van der Waals surface area contributed by atoms with Crippen LogP contribution in [0.1, 0.15) is 48.5 Å². The van der Waals surface area contributed by atoms with Gasteiger partial charge in [0.15, 0.2) is 55.9 Å². The lowest BCUT2D eigenvalue weighted by Gasteiger charge is -2.51. The van der Waals surface area contributed by atoms with Crippen molar-refractivity contribution in [3.8, 4) is 0 Å². The number of methoxy groups -OCH3 is 9. The third-order valence-electron chi connectivity index (χ3n) is 14.5. The van der Waals surface area contributed by atoms with Crippen LogP contribution < -0.4 is 0 Å². The van der Waals surface area contributed by atoms with Gasteiger partial charge in [-0.1, -0.05) is 12.0 Å². The lowest BCUT2D eigenvalue weighted by molar-refractivity contribution is -0.385. The highest BCUT2D eigenvalue weighted by Gasteiger charge is 2.61. The molecule has 87 heavy (non-hydrogen) atoms. The Labute approximate surface area is 499 Å². The fourth-order valence-electron chi connectivity index (χ4n) is 10.7. The average molecular weight is 1260 g/mol. The minimum atomic E-state index is -1.84. The zero-order valence-corrected chi connectivity index (χ0v) is 51.0. The van der Waals surface area contributed by atoms with E-state index in [0.29, 0.717) is 0 Å². The van der Waals surface area contributed by atoms with Crippen molar-refractivity contribution in [1.29, 1.82) is 0 Å². The third-order valence-corrected chi connectivity index (χ3v) is 14.5. The molecule has 0 N–H and O–H groups in total. The van der Waals surface area contributed by atoms with E-state index >= 15 is 0 Å². The summed E-state index contributed by atoms with van der Waals surface area (Å²) < 4.78 is 142. The lowest BCUT2D eigenvalue weighted by Crippen LogP contribution is -2.68. The van der Waals surface area contributed by atoms with Crippen LogP contribution in [-0.2, 0) is 152 Å². The van der Waals surface area contributed by atoms with Crippen LogP contribution in [0.2, 0.25) is 0 Å². The maximum atomic E-state index is 14.0. The molecular weight excluding hydrogens is 1180 g/mol. The molecule has 0 aromatic carbocycles. The highest BCUT2D eigenvalue weighted by atomic mass is 16.8. The molecule has 0 amide bonds. The van der Waals surface area contributed by atoms with Gasteiger partial charge in [0.25, 0.3) is 0 Å². The van der Waals surface area contributed by atoms with Crippen molar-refractivity contribution >= 4 is 47.8 Å². The van der Waals surface area contributed by atoms with Gasteiger partial charge in [0.1, 0.15) is 105 Å². The molecule has 0 aromatic heterocycles. The van der Waals surface area contributed by atoms with E-state index in [-0.39, 0.29) is 6.61 Å². The number of carbonyl (C=O) groups is 8. The highest BCUT2D eigenvalue weighted by molar-refractivity contribution is 5.76. The number of azide groups is 1. The van der Waals surface area contributed by atoms with Crippen molar-refractivity contribution < 1.29 is 152 Å². The van der Waals surface area contributed by atoms with Crippen molar-refractivity contribution in [2.24, 2.45) is 11.0 Å². The Hall–Kier alpha value is -5.57. The summed E-state index contributed by atoms with van der Waals surface area (Å²) in [4.78, 5) is 106. The van der Waals surface area contributed by atoms with Crippen molar-refractivity contribution in [2.45, 2.75) is 196 Å². The molecule has 494 valence electrons. The third kappa shape index (κ3) is 17.9. The first-order valence-electron chi connectivity index (χ1n) is 27.1. The Morgan fingerprint density at radius 2 is 0.724 bits per heavy atom. The summed E-state index contributed by atoms with van der Waals surface area (Å²) in [5.74, 6) is -8.06. The summed E-state index contributed by atoms with van der Waals surface area (Å²) >= 11 is 0. The van der Waals surface area contributed by atoms with E-state index in [0.717, 1.165) is 48.8 Å². The predicted molar refractivity (Wildman–Crippen MR) is 277 cm³/mol. The van der Waals surface area contributed by atoms with Gasteiger partial charge in [-0.05, 0) is 5.53 Å². The lowest BCUT2D eigenvalue weighted by atomic mass is 9.90. The second-order valence-electron chi connectivity index (χ2n) is 20.1. The second-order valence-corrected chi connectivity index (χ2v) is 20.1. The molecule has 0 radical (unpaired) electrons. The minimum absolute atomic E-state index is 0.374. The summed E-state index contributed by atoms with van der Waals surface area (Å²) in [7, 11) is 10.9. The first-order chi connectivity index (χ1) is 41.4. The van der Waals surface area contributed by atoms with Gasteiger partial charge in [-0.25, -0.2) is 9.59 Å². The molecule has 5 rings (SSSR count). The Kier molecular flexibility index (Phi) is 28.1. The minimum Gasteiger partial charge on any atom is -0.467 e. The van der Waals surface area contributed by atoms with Gasteiger partial charge >= 0.3 is 47.8 Å². The first kappa shape index (κ1) is 72.2. The molecule has 5 aliphatic heterocycles. The number of rotatable bonds is 27. The number of ether oxygens (including phenoxy) is 24. The van der Waals surface area contributed by atoms with Crippen molar-refractivity contribution in [3.63, 3.8) is 0 Å². The highest BCUT2D eigenvalue weighted by Crippen LogP contribution is 2.41. The zero-order valence-electron chi connectivity index (χ0n) is 51.0. The molecule has 5 aliphatic rings. The van der Waals surface area contributed by atoms with Crippen LogP contribution in [0.5, 0.6) is 0 Å². The van der Waals surface area contributed by atoms with Crippen molar-refractivity contribution in [3.05, 3.63) is 10.4 Å². The van der Waals surface area contributed by atoms with Gasteiger partial charge in [-0.15, -0.1) is 0 Å². The molecule has 5 heterocycles. The molecular formula is C52H79N3O32. The maximum absolute atomic E-state index is 14.0. The monoisotopic (exact) mass is 1260 g/mol. The summed E-state index contributed by atoms with van der Waals surface area (Å²) in [5.41, 5.74) is 9.70. The Bertz CT molecular complexity index is 2370. The van der Waals surface area contributed by atoms with Crippen LogP contribution in [0.3, 0.4) is 0 Å². The molecule has 0 spiro atoms. The summed E-state index contributed by atoms with van der Waals surface area (Å²) in [6.45, 7) is 6.61. The number of nitrogens with zero attached hydrogens (tertiary/aromatic N) is 3. The molecule has 0 aliphatic carbocycles. The van der Waals surface area contributed by atoms with Gasteiger partial charge in [-0.2, -0.15) is 0 Å². The van der Waals surface area contributed by atoms with Crippen LogP contribution in [0.15, 0.2) is 5.11 Å². The molecule has 35 heteroatoms. The van der Waals surface area contributed by atoms with E-state index in [1.54, 1.807) is 0 Å². The van der Waals surface area contributed by atoms with Gasteiger partial charge in [-0.3, -0.25) is 28.8 Å². The van der Waals surface area contributed by atoms with Crippen molar-refractivity contribution in [1.82, 2.24) is 0 Å². The van der Waals surface area contributed by atoms with Gasteiger partial charge < -0.3 is 114 Å². The molecule has 0 saturated carbocycles. The van der Waals surface area contributed by atoms with Gasteiger partial charge in [0, 0.05) is 102 Å². The van der Waals surface area contributed by atoms with E-state index in [2.05, 4.69) is 10.0 Å². The molecule has 0 bridgehead atoms.